The van der Waals surface area contributed by atoms with Crippen molar-refractivity contribution in [3.63, 3.8) is 0 Å². The molecule has 0 aliphatic heterocycles. The Kier molecular flexibility index (Phi) is 2.65. The van der Waals surface area contributed by atoms with Crippen LogP contribution in [0.25, 0.3) is 0 Å². The van der Waals surface area contributed by atoms with Gasteiger partial charge in [-0.3, -0.25) is 4.79 Å². The number of ether oxygens (including phenoxy) is 1. The van der Waals surface area contributed by atoms with Crippen molar-refractivity contribution in [1.29, 1.82) is 0 Å². The SMILES string of the molecule is CO[C@@]1(CC(=O)O)C=CC=CC1. The minimum absolute atomic E-state index is 0.0182. The van der Waals surface area contributed by atoms with Crippen LogP contribution in [0.5, 0.6) is 0 Å². The second-order valence-corrected chi connectivity index (χ2v) is 2.83. The molecule has 0 amide bonds. The van der Waals surface area contributed by atoms with E-state index < -0.39 is 11.6 Å². The molecule has 0 fully saturated rings. The molecule has 0 radical (unpaired) electrons. The lowest BCUT2D eigenvalue weighted by Gasteiger charge is -2.27. The molecule has 0 bridgehead atoms. The predicted octanol–water partition coefficient (Wildman–Crippen LogP) is 1.36. The minimum atomic E-state index is -0.836. The maximum Gasteiger partial charge on any atom is 0.306 e. The molecule has 1 N–H and O–H groups in total. The van der Waals surface area contributed by atoms with Crippen LogP contribution in [0.3, 0.4) is 0 Å². The van der Waals surface area contributed by atoms with Crippen molar-refractivity contribution in [2.24, 2.45) is 0 Å². The first-order valence-corrected chi connectivity index (χ1v) is 3.80. The van der Waals surface area contributed by atoms with E-state index in [0.717, 1.165) is 0 Å². The van der Waals surface area contributed by atoms with Gasteiger partial charge >= 0.3 is 5.97 Å². The summed E-state index contributed by atoms with van der Waals surface area (Å²) in [7, 11) is 1.53. The van der Waals surface area contributed by atoms with E-state index in [1.165, 1.54) is 7.11 Å². The molecule has 0 saturated heterocycles. The van der Waals surface area contributed by atoms with Crippen molar-refractivity contribution in [1.82, 2.24) is 0 Å². The molecule has 0 aromatic rings. The zero-order chi connectivity index (χ0) is 9.03. The fraction of sp³-hybridized carbons (Fsp3) is 0.444. The first-order valence-electron chi connectivity index (χ1n) is 3.80. The van der Waals surface area contributed by atoms with Crippen molar-refractivity contribution >= 4 is 5.97 Å². The van der Waals surface area contributed by atoms with E-state index in [1.54, 1.807) is 6.08 Å². The largest absolute Gasteiger partial charge is 0.481 e. The van der Waals surface area contributed by atoms with E-state index in [-0.39, 0.29) is 6.42 Å². The minimum Gasteiger partial charge on any atom is -0.481 e. The Bertz CT molecular complexity index is 230. The normalized spacial score (nSPS) is 27.4. The van der Waals surface area contributed by atoms with E-state index in [4.69, 9.17) is 9.84 Å². The topological polar surface area (TPSA) is 46.5 Å². The highest BCUT2D eigenvalue weighted by Gasteiger charge is 2.29. The van der Waals surface area contributed by atoms with Crippen LogP contribution in [-0.2, 0) is 9.53 Å². The molecule has 0 aromatic heterocycles. The molecule has 1 rings (SSSR count). The third kappa shape index (κ3) is 1.95. The molecule has 66 valence electrons. The van der Waals surface area contributed by atoms with Gasteiger partial charge < -0.3 is 9.84 Å². The van der Waals surface area contributed by atoms with E-state index in [1.807, 2.05) is 18.2 Å². The third-order valence-corrected chi connectivity index (χ3v) is 1.97. The number of methoxy groups -OCH3 is 1. The quantitative estimate of drug-likeness (QED) is 0.692. The zero-order valence-corrected chi connectivity index (χ0v) is 6.99. The molecule has 0 spiro atoms. The van der Waals surface area contributed by atoms with Gasteiger partial charge in [-0.1, -0.05) is 24.3 Å². The molecule has 1 aliphatic rings. The number of rotatable bonds is 3. The molecule has 1 atom stereocenters. The fourth-order valence-corrected chi connectivity index (χ4v) is 1.26. The van der Waals surface area contributed by atoms with E-state index in [2.05, 4.69) is 0 Å². The van der Waals surface area contributed by atoms with Gasteiger partial charge in [0, 0.05) is 7.11 Å². The second kappa shape index (κ2) is 3.54. The van der Waals surface area contributed by atoms with Gasteiger partial charge in [0.1, 0.15) is 5.60 Å². The van der Waals surface area contributed by atoms with Gasteiger partial charge in [-0.05, 0) is 6.42 Å². The Morgan fingerprint density at radius 1 is 1.67 bits per heavy atom. The fourth-order valence-electron chi connectivity index (χ4n) is 1.26. The van der Waals surface area contributed by atoms with Gasteiger partial charge in [-0.2, -0.15) is 0 Å². The highest BCUT2D eigenvalue weighted by atomic mass is 16.5. The van der Waals surface area contributed by atoms with Crippen molar-refractivity contribution in [2.75, 3.05) is 7.11 Å². The molecular weight excluding hydrogens is 156 g/mol. The summed E-state index contributed by atoms with van der Waals surface area (Å²) in [4.78, 5) is 10.5. The van der Waals surface area contributed by atoms with E-state index in [9.17, 15) is 4.79 Å². The van der Waals surface area contributed by atoms with Crippen LogP contribution in [-0.4, -0.2) is 23.8 Å². The van der Waals surface area contributed by atoms with Crippen LogP contribution in [0, 0.1) is 0 Å². The Morgan fingerprint density at radius 3 is 2.83 bits per heavy atom. The number of hydrogen-bond acceptors (Lipinski definition) is 2. The van der Waals surface area contributed by atoms with Crippen LogP contribution in [0.15, 0.2) is 24.3 Å². The number of carboxylic acids is 1. The molecule has 1 aliphatic carbocycles. The van der Waals surface area contributed by atoms with E-state index in [0.29, 0.717) is 6.42 Å². The van der Waals surface area contributed by atoms with Gasteiger partial charge in [-0.15, -0.1) is 0 Å². The first-order chi connectivity index (χ1) is 5.68. The monoisotopic (exact) mass is 168 g/mol. The van der Waals surface area contributed by atoms with Gasteiger partial charge in [0.15, 0.2) is 0 Å². The van der Waals surface area contributed by atoms with Gasteiger partial charge in [0.05, 0.1) is 6.42 Å². The molecule has 0 aromatic carbocycles. The van der Waals surface area contributed by atoms with Crippen molar-refractivity contribution in [3.05, 3.63) is 24.3 Å². The average molecular weight is 168 g/mol. The maximum atomic E-state index is 10.5. The summed E-state index contributed by atoms with van der Waals surface area (Å²) >= 11 is 0. The first kappa shape index (κ1) is 9.00. The third-order valence-electron chi connectivity index (χ3n) is 1.97. The maximum absolute atomic E-state index is 10.5. The predicted molar refractivity (Wildman–Crippen MR) is 44.9 cm³/mol. The Morgan fingerprint density at radius 2 is 2.42 bits per heavy atom. The lowest BCUT2D eigenvalue weighted by atomic mass is 9.92. The number of aliphatic carboxylic acids is 1. The zero-order valence-electron chi connectivity index (χ0n) is 6.99. The van der Waals surface area contributed by atoms with E-state index >= 15 is 0 Å². The van der Waals surface area contributed by atoms with Crippen molar-refractivity contribution in [3.8, 4) is 0 Å². The lowest BCUT2D eigenvalue weighted by molar-refractivity contribution is -0.141. The van der Waals surface area contributed by atoms with Crippen LogP contribution in [0.2, 0.25) is 0 Å². The van der Waals surface area contributed by atoms with Crippen molar-refractivity contribution < 1.29 is 14.6 Å². The molecule has 12 heavy (non-hydrogen) atoms. The molecule has 3 nitrogen and oxygen atoms in total. The van der Waals surface area contributed by atoms with Crippen LogP contribution in [0.4, 0.5) is 0 Å². The smallest absolute Gasteiger partial charge is 0.306 e. The van der Waals surface area contributed by atoms with Crippen LogP contribution in [0.1, 0.15) is 12.8 Å². The van der Waals surface area contributed by atoms with Gasteiger partial charge in [-0.25, -0.2) is 0 Å². The highest BCUT2D eigenvalue weighted by molar-refractivity contribution is 5.69. The Hall–Kier alpha value is -1.09. The molecule has 0 unspecified atom stereocenters. The summed E-state index contributed by atoms with van der Waals surface area (Å²) in [6.07, 6.45) is 8.05. The average Bonchev–Trinajstić information content (AvgIpc) is 2.05. The number of hydrogen-bond donors (Lipinski definition) is 1. The standard InChI is InChI=1S/C9H12O3/c1-12-9(7-8(10)11)5-3-2-4-6-9/h2-5H,6-7H2,1H3,(H,10,11)/t9-/m0/s1. The molecule has 3 heteroatoms. The highest BCUT2D eigenvalue weighted by Crippen LogP contribution is 2.25. The summed E-state index contributed by atoms with van der Waals surface area (Å²) < 4.78 is 5.17. The summed E-state index contributed by atoms with van der Waals surface area (Å²) in [5.74, 6) is -0.836. The van der Waals surface area contributed by atoms with Gasteiger partial charge in [0.25, 0.3) is 0 Å². The summed E-state index contributed by atoms with van der Waals surface area (Å²) in [6.45, 7) is 0. The number of allylic oxidation sites excluding steroid dienone is 2. The lowest BCUT2D eigenvalue weighted by Crippen LogP contribution is -2.32. The number of carboxylic acid groups (broad SMARTS) is 1. The van der Waals surface area contributed by atoms with Gasteiger partial charge in [0.2, 0.25) is 0 Å². The second-order valence-electron chi connectivity index (χ2n) is 2.83. The molecule has 0 heterocycles. The summed E-state index contributed by atoms with van der Waals surface area (Å²) in [6, 6.07) is 0. The molecular formula is C9H12O3. The van der Waals surface area contributed by atoms with Crippen molar-refractivity contribution in [2.45, 2.75) is 18.4 Å². The Labute approximate surface area is 71.3 Å². The summed E-state index contributed by atoms with van der Waals surface area (Å²) in [5.41, 5.74) is -0.624. The molecule has 0 saturated carbocycles. The summed E-state index contributed by atoms with van der Waals surface area (Å²) in [5, 5.41) is 8.62. The van der Waals surface area contributed by atoms with Crippen LogP contribution >= 0.6 is 0 Å². The Balaban J connectivity index is 2.69. The van der Waals surface area contributed by atoms with Crippen LogP contribution < -0.4 is 0 Å². The number of carbonyl (C=O) groups is 1.